The van der Waals surface area contributed by atoms with Crippen molar-refractivity contribution in [3.8, 4) is 0 Å². The number of unbranched alkanes of at least 4 members (excludes halogenated alkanes) is 1. The second kappa shape index (κ2) is 9.80. The molecule has 0 spiro atoms. The summed E-state index contributed by atoms with van der Waals surface area (Å²) >= 11 is 0. The molecular weight excluding hydrogens is 326 g/mol. The molecule has 0 aliphatic heterocycles. The number of nitrogens with zero attached hydrogens (tertiary/aromatic N) is 1. The molecule has 8 nitrogen and oxygen atoms in total. The van der Waals surface area contributed by atoms with Crippen LogP contribution in [0.25, 0.3) is 0 Å². The van der Waals surface area contributed by atoms with Crippen LogP contribution in [0.5, 0.6) is 0 Å². The molecule has 2 amide bonds. The molecule has 1 rings (SSSR count). The largest absolute Gasteiger partial charge is 0.449 e. The predicted octanol–water partition coefficient (Wildman–Crippen LogP) is 2.90. The minimum absolute atomic E-state index is 0.139. The summed E-state index contributed by atoms with van der Waals surface area (Å²) < 4.78 is 9.78. The van der Waals surface area contributed by atoms with Crippen LogP contribution in [0.3, 0.4) is 0 Å². The maximum absolute atomic E-state index is 12.3. The van der Waals surface area contributed by atoms with E-state index in [1.54, 1.807) is 0 Å². The van der Waals surface area contributed by atoms with Gasteiger partial charge < -0.3 is 19.9 Å². The monoisotopic (exact) mass is 353 g/mol. The number of Topliss-reactive ketones (excluding diaryl/α,β-unsaturated/α-hetero) is 1. The average Bonchev–Trinajstić information content (AvgIpc) is 3.09. The summed E-state index contributed by atoms with van der Waals surface area (Å²) in [4.78, 5) is 36.3. The Morgan fingerprint density at radius 3 is 2.60 bits per heavy atom. The van der Waals surface area contributed by atoms with Crippen molar-refractivity contribution in [3.63, 3.8) is 0 Å². The second-order valence-electron chi connectivity index (χ2n) is 6.64. The molecular formula is C17H27N3O5. The number of aromatic nitrogens is 1. The van der Waals surface area contributed by atoms with E-state index in [0.717, 1.165) is 12.8 Å². The Kier molecular flexibility index (Phi) is 8.10. The highest BCUT2D eigenvalue weighted by Gasteiger charge is 2.28. The third kappa shape index (κ3) is 7.36. The summed E-state index contributed by atoms with van der Waals surface area (Å²) in [7, 11) is 0. The zero-order valence-electron chi connectivity index (χ0n) is 15.3. The van der Waals surface area contributed by atoms with Crippen LogP contribution in [-0.2, 0) is 14.3 Å². The van der Waals surface area contributed by atoms with Crippen molar-refractivity contribution in [2.24, 2.45) is 5.41 Å². The molecule has 0 saturated heterocycles. The van der Waals surface area contributed by atoms with Gasteiger partial charge in [0.05, 0.1) is 6.61 Å². The minimum Gasteiger partial charge on any atom is -0.449 e. The molecule has 1 heterocycles. The zero-order valence-corrected chi connectivity index (χ0v) is 15.3. The van der Waals surface area contributed by atoms with E-state index < -0.39 is 23.8 Å². The number of nitrogens with one attached hydrogen (secondary N) is 2. The molecule has 1 aromatic heterocycles. The Morgan fingerprint density at radius 2 is 2.04 bits per heavy atom. The molecule has 140 valence electrons. The van der Waals surface area contributed by atoms with Gasteiger partial charge in [0.25, 0.3) is 5.91 Å². The van der Waals surface area contributed by atoms with E-state index in [1.807, 2.05) is 27.7 Å². The minimum atomic E-state index is -0.941. The predicted molar refractivity (Wildman–Crippen MR) is 92.0 cm³/mol. The first-order chi connectivity index (χ1) is 11.8. The molecule has 0 aromatic carbocycles. The SMILES string of the molecule is CCCC[C@H](NC(=O)OCC(C)(C)CC)C(=O)C(=O)Nc1ccon1. The quantitative estimate of drug-likeness (QED) is 0.626. The third-order valence-electron chi connectivity index (χ3n) is 3.91. The van der Waals surface area contributed by atoms with Crippen LogP contribution in [0.4, 0.5) is 10.6 Å². The molecule has 1 aromatic rings. The molecule has 1 atom stereocenters. The first-order valence-electron chi connectivity index (χ1n) is 8.48. The van der Waals surface area contributed by atoms with Crippen LogP contribution >= 0.6 is 0 Å². The highest BCUT2D eigenvalue weighted by atomic mass is 16.5. The van der Waals surface area contributed by atoms with Gasteiger partial charge in [-0.05, 0) is 18.3 Å². The summed E-state index contributed by atoms with van der Waals surface area (Å²) in [5.74, 6) is -1.47. The van der Waals surface area contributed by atoms with Crippen molar-refractivity contribution in [2.75, 3.05) is 11.9 Å². The van der Waals surface area contributed by atoms with Gasteiger partial charge in [-0.3, -0.25) is 9.59 Å². The Hall–Kier alpha value is -2.38. The number of anilines is 1. The van der Waals surface area contributed by atoms with Gasteiger partial charge in [-0.2, -0.15) is 0 Å². The number of carbonyl (C=O) groups is 3. The van der Waals surface area contributed by atoms with Gasteiger partial charge >= 0.3 is 6.09 Å². The van der Waals surface area contributed by atoms with Gasteiger partial charge in [0.1, 0.15) is 12.3 Å². The lowest BCUT2D eigenvalue weighted by Crippen LogP contribution is -2.46. The Bertz CT molecular complexity index is 569. The fourth-order valence-electron chi connectivity index (χ4n) is 1.84. The van der Waals surface area contributed by atoms with Crippen molar-refractivity contribution in [3.05, 3.63) is 12.3 Å². The van der Waals surface area contributed by atoms with E-state index in [0.29, 0.717) is 12.8 Å². The molecule has 0 unspecified atom stereocenters. The number of ketones is 1. The molecule has 0 saturated carbocycles. The molecule has 0 aliphatic carbocycles. The van der Waals surface area contributed by atoms with Crippen molar-refractivity contribution in [2.45, 2.75) is 59.4 Å². The molecule has 0 bridgehead atoms. The number of rotatable bonds is 10. The summed E-state index contributed by atoms with van der Waals surface area (Å²) in [5, 5.41) is 8.34. The lowest BCUT2D eigenvalue weighted by Gasteiger charge is -2.23. The summed E-state index contributed by atoms with van der Waals surface area (Å²) in [6.45, 7) is 8.15. The van der Waals surface area contributed by atoms with Gasteiger partial charge in [-0.25, -0.2) is 4.79 Å². The lowest BCUT2D eigenvalue weighted by atomic mass is 9.92. The van der Waals surface area contributed by atoms with Crippen molar-refractivity contribution in [1.29, 1.82) is 0 Å². The molecule has 0 radical (unpaired) electrons. The fraction of sp³-hybridized carbons (Fsp3) is 0.647. The van der Waals surface area contributed by atoms with E-state index >= 15 is 0 Å². The third-order valence-corrected chi connectivity index (χ3v) is 3.91. The van der Waals surface area contributed by atoms with Crippen LogP contribution in [0.1, 0.15) is 53.4 Å². The van der Waals surface area contributed by atoms with Crippen molar-refractivity contribution in [1.82, 2.24) is 10.5 Å². The molecule has 0 fully saturated rings. The van der Waals surface area contributed by atoms with E-state index in [9.17, 15) is 14.4 Å². The zero-order chi connectivity index (χ0) is 18.9. The van der Waals surface area contributed by atoms with Crippen molar-refractivity contribution >= 4 is 23.6 Å². The van der Waals surface area contributed by atoms with E-state index in [4.69, 9.17) is 4.74 Å². The lowest BCUT2D eigenvalue weighted by molar-refractivity contribution is -0.136. The van der Waals surface area contributed by atoms with Gasteiger partial charge in [-0.1, -0.05) is 45.7 Å². The number of hydrogen-bond acceptors (Lipinski definition) is 6. The first kappa shape index (κ1) is 20.7. The molecule has 2 N–H and O–H groups in total. The van der Waals surface area contributed by atoms with Crippen LogP contribution < -0.4 is 10.6 Å². The number of carbonyl (C=O) groups excluding carboxylic acids is 3. The average molecular weight is 353 g/mol. The number of alkyl carbamates (subject to hydrolysis) is 1. The second-order valence-corrected chi connectivity index (χ2v) is 6.64. The first-order valence-corrected chi connectivity index (χ1v) is 8.48. The maximum atomic E-state index is 12.3. The highest BCUT2D eigenvalue weighted by molar-refractivity contribution is 6.42. The number of ether oxygens (including phenoxy) is 1. The highest BCUT2D eigenvalue weighted by Crippen LogP contribution is 2.19. The topological polar surface area (TPSA) is 111 Å². The fourth-order valence-corrected chi connectivity index (χ4v) is 1.84. The maximum Gasteiger partial charge on any atom is 0.407 e. The summed E-state index contributed by atoms with van der Waals surface area (Å²) in [6.07, 6.45) is 3.29. The van der Waals surface area contributed by atoms with Gasteiger partial charge in [0.15, 0.2) is 5.82 Å². The van der Waals surface area contributed by atoms with Crippen LogP contribution in [0.2, 0.25) is 0 Å². The van der Waals surface area contributed by atoms with Crippen molar-refractivity contribution < 1.29 is 23.6 Å². The number of amides is 2. The van der Waals surface area contributed by atoms with Crippen LogP contribution in [-0.4, -0.2) is 35.6 Å². The standard InChI is InChI=1S/C17H27N3O5/c1-5-7-8-12(18-16(23)24-11-17(3,4)6-2)14(21)15(22)19-13-9-10-25-20-13/h9-10,12H,5-8,11H2,1-4H3,(H,18,23)(H,19,20,22)/t12-/m0/s1. The van der Waals surface area contributed by atoms with Crippen LogP contribution in [0, 0.1) is 5.41 Å². The summed E-state index contributed by atoms with van der Waals surface area (Å²) in [6, 6.07) is 0.477. The van der Waals surface area contributed by atoms with E-state index in [1.165, 1.54) is 12.3 Å². The smallest absolute Gasteiger partial charge is 0.407 e. The van der Waals surface area contributed by atoms with E-state index in [-0.39, 0.29) is 17.8 Å². The molecule has 25 heavy (non-hydrogen) atoms. The number of hydrogen-bond donors (Lipinski definition) is 2. The summed E-state index contributed by atoms with van der Waals surface area (Å²) in [5.41, 5.74) is -0.148. The Morgan fingerprint density at radius 1 is 1.32 bits per heavy atom. The van der Waals surface area contributed by atoms with Gasteiger partial charge in [0, 0.05) is 6.07 Å². The molecule has 0 aliphatic rings. The van der Waals surface area contributed by atoms with Crippen LogP contribution in [0.15, 0.2) is 16.9 Å². The van der Waals surface area contributed by atoms with Gasteiger partial charge in [-0.15, -0.1) is 0 Å². The van der Waals surface area contributed by atoms with E-state index in [2.05, 4.69) is 20.3 Å². The van der Waals surface area contributed by atoms with Gasteiger partial charge in [0.2, 0.25) is 5.78 Å². The Labute approximate surface area is 147 Å². The molecule has 8 heteroatoms. The Balaban J connectivity index is 2.63. The normalized spacial score (nSPS) is 12.3.